The van der Waals surface area contributed by atoms with Crippen LogP contribution in [0.3, 0.4) is 0 Å². The van der Waals surface area contributed by atoms with E-state index in [1.54, 1.807) is 11.5 Å². The van der Waals surface area contributed by atoms with Crippen LogP contribution in [0.25, 0.3) is 11.0 Å². The molecule has 1 aromatic heterocycles. The molecule has 0 radical (unpaired) electrons. The number of hydrogen-bond donors (Lipinski definition) is 0. The largest absolute Gasteiger partial charge is 0.462 e. The molecule has 4 rings (SSSR count). The summed E-state index contributed by atoms with van der Waals surface area (Å²) in [5, 5.41) is 0. The average molecular weight is 511 g/mol. The van der Waals surface area contributed by atoms with Crippen molar-refractivity contribution in [1.82, 2.24) is 9.55 Å². The zero-order chi connectivity index (χ0) is 23.2. The molecule has 1 saturated heterocycles. The van der Waals surface area contributed by atoms with Crippen molar-refractivity contribution < 1.29 is 27.4 Å². The van der Waals surface area contributed by atoms with Crippen molar-refractivity contribution >= 4 is 32.9 Å². The van der Waals surface area contributed by atoms with Crippen molar-refractivity contribution in [3.8, 4) is 0 Å². The van der Waals surface area contributed by atoms with Crippen molar-refractivity contribution in [2.75, 3.05) is 19.8 Å². The molecule has 1 atom stereocenters. The number of benzene rings is 2. The van der Waals surface area contributed by atoms with Gasteiger partial charge in [0.1, 0.15) is 23.0 Å². The molecule has 1 fully saturated rings. The fourth-order valence-corrected chi connectivity index (χ4v) is 4.49. The van der Waals surface area contributed by atoms with Crippen molar-refractivity contribution in [2.45, 2.75) is 33.2 Å². The summed E-state index contributed by atoms with van der Waals surface area (Å²) in [6, 6.07) is 4.65. The Labute approximate surface area is 191 Å². The second-order valence-corrected chi connectivity index (χ2v) is 9.40. The summed E-state index contributed by atoms with van der Waals surface area (Å²) in [7, 11) is 0. The number of nitrogens with zero attached hydrogens (tertiary/aromatic N) is 2. The molecule has 3 aromatic rings. The van der Waals surface area contributed by atoms with E-state index in [1.165, 1.54) is 18.2 Å². The van der Waals surface area contributed by atoms with E-state index in [4.69, 9.17) is 9.47 Å². The molecule has 2 heterocycles. The molecule has 0 unspecified atom stereocenters. The number of esters is 1. The van der Waals surface area contributed by atoms with Gasteiger partial charge >= 0.3 is 5.97 Å². The number of aromatic nitrogens is 2. The lowest BCUT2D eigenvalue weighted by molar-refractivity contribution is 0.0526. The van der Waals surface area contributed by atoms with Gasteiger partial charge in [0, 0.05) is 21.9 Å². The third-order valence-corrected chi connectivity index (χ3v) is 6.19. The van der Waals surface area contributed by atoms with Crippen LogP contribution >= 0.6 is 15.9 Å². The molecule has 2 aromatic carbocycles. The van der Waals surface area contributed by atoms with Gasteiger partial charge < -0.3 is 14.0 Å². The quantitative estimate of drug-likeness (QED) is 0.420. The van der Waals surface area contributed by atoms with E-state index in [0.717, 1.165) is 6.07 Å². The topological polar surface area (TPSA) is 53.3 Å². The summed E-state index contributed by atoms with van der Waals surface area (Å²) in [5.41, 5.74) is -0.108. The van der Waals surface area contributed by atoms with Gasteiger partial charge in [0.2, 0.25) is 0 Å². The minimum absolute atomic E-state index is 0.0219. The molecule has 1 aliphatic heterocycles. The maximum Gasteiger partial charge on any atom is 0.338 e. The van der Waals surface area contributed by atoms with Gasteiger partial charge in [0.15, 0.2) is 5.82 Å². The van der Waals surface area contributed by atoms with Crippen LogP contribution in [-0.4, -0.2) is 35.3 Å². The van der Waals surface area contributed by atoms with Gasteiger partial charge in [-0.2, -0.15) is 0 Å². The highest BCUT2D eigenvalue weighted by Gasteiger charge is 2.39. The van der Waals surface area contributed by atoms with E-state index in [-0.39, 0.29) is 51.4 Å². The summed E-state index contributed by atoms with van der Waals surface area (Å²) in [6.45, 7) is 6.57. The summed E-state index contributed by atoms with van der Waals surface area (Å²) >= 11 is 3.08. The first-order valence-electron chi connectivity index (χ1n) is 10.2. The Morgan fingerprint density at radius 3 is 2.50 bits per heavy atom. The van der Waals surface area contributed by atoms with E-state index in [2.05, 4.69) is 20.9 Å². The number of rotatable bonds is 5. The maximum absolute atomic E-state index is 15.0. The molecule has 0 saturated carbocycles. The van der Waals surface area contributed by atoms with Crippen LogP contribution < -0.4 is 0 Å². The fraction of sp³-hybridized carbons (Fsp3) is 0.391. The van der Waals surface area contributed by atoms with E-state index >= 15 is 4.39 Å². The van der Waals surface area contributed by atoms with E-state index in [1.807, 2.05) is 13.8 Å². The minimum atomic E-state index is -0.731. The first-order valence-corrected chi connectivity index (χ1v) is 11.0. The third-order valence-electron chi connectivity index (χ3n) is 5.74. The fourth-order valence-electron chi connectivity index (χ4n) is 4.08. The monoisotopic (exact) mass is 510 g/mol. The van der Waals surface area contributed by atoms with Gasteiger partial charge in [-0.25, -0.2) is 22.9 Å². The first-order chi connectivity index (χ1) is 15.1. The molecule has 0 aliphatic carbocycles. The summed E-state index contributed by atoms with van der Waals surface area (Å²) < 4.78 is 56.9. The molecular weight excluding hydrogens is 489 g/mol. The Morgan fingerprint density at radius 1 is 1.22 bits per heavy atom. The lowest BCUT2D eigenvalue weighted by Gasteiger charge is -2.28. The molecule has 170 valence electrons. The predicted molar refractivity (Wildman–Crippen MR) is 116 cm³/mol. The van der Waals surface area contributed by atoms with Gasteiger partial charge in [0.05, 0.1) is 36.9 Å². The molecule has 9 heteroatoms. The lowest BCUT2D eigenvalue weighted by atomic mass is 9.87. The van der Waals surface area contributed by atoms with Crippen molar-refractivity contribution in [3.63, 3.8) is 0 Å². The van der Waals surface area contributed by atoms with Crippen molar-refractivity contribution in [3.05, 3.63) is 63.1 Å². The SMILES string of the molecule is CCOC(=O)c1cc(F)c2nc(Cc3c(F)cc(Br)cc3F)n([C@@H]3COCC3(C)C)c2c1. The number of fused-ring (bicyclic) bond motifs is 1. The number of carbonyl (C=O) groups is 1. The van der Waals surface area contributed by atoms with Gasteiger partial charge in [-0.15, -0.1) is 0 Å². The Kier molecular flexibility index (Phi) is 6.06. The highest BCUT2D eigenvalue weighted by Crippen LogP contribution is 2.41. The third kappa shape index (κ3) is 4.03. The summed E-state index contributed by atoms with van der Waals surface area (Å²) in [6.07, 6.45) is -0.194. The average Bonchev–Trinajstić information content (AvgIpc) is 3.23. The minimum Gasteiger partial charge on any atom is -0.462 e. The standard InChI is InChI=1S/C23H22BrF3N2O3/c1-4-32-22(30)12-5-17(27)21-18(6-12)29(19-10-31-11-23(19,2)3)20(28-21)9-14-15(25)7-13(24)8-16(14)26/h5-8,19H,4,9-11H2,1-3H3/t19-/m1/s1. The van der Waals surface area contributed by atoms with E-state index < -0.39 is 23.4 Å². The zero-order valence-corrected chi connectivity index (χ0v) is 19.4. The molecule has 5 nitrogen and oxygen atoms in total. The molecule has 0 spiro atoms. The summed E-state index contributed by atoms with van der Waals surface area (Å²) in [4.78, 5) is 16.7. The Hall–Kier alpha value is -2.39. The molecule has 32 heavy (non-hydrogen) atoms. The highest BCUT2D eigenvalue weighted by molar-refractivity contribution is 9.10. The predicted octanol–water partition coefficient (Wildman–Crippen LogP) is 5.58. The van der Waals surface area contributed by atoms with Crippen LogP contribution in [0.15, 0.2) is 28.7 Å². The highest BCUT2D eigenvalue weighted by atomic mass is 79.9. The van der Waals surface area contributed by atoms with Crippen LogP contribution in [0, 0.1) is 22.9 Å². The van der Waals surface area contributed by atoms with E-state index in [0.29, 0.717) is 18.7 Å². The first kappa shape index (κ1) is 22.8. The van der Waals surface area contributed by atoms with E-state index in [9.17, 15) is 13.6 Å². The number of hydrogen-bond acceptors (Lipinski definition) is 4. The second kappa shape index (κ2) is 8.51. The number of ether oxygens (including phenoxy) is 2. The smallest absolute Gasteiger partial charge is 0.338 e. The van der Waals surface area contributed by atoms with Gasteiger partial charge in [0.25, 0.3) is 0 Å². The van der Waals surface area contributed by atoms with Crippen LogP contribution in [0.5, 0.6) is 0 Å². The molecule has 0 amide bonds. The molecule has 0 N–H and O–H groups in total. The van der Waals surface area contributed by atoms with Crippen LogP contribution in [0.4, 0.5) is 13.2 Å². The number of imidazole rings is 1. The van der Waals surface area contributed by atoms with Gasteiger partial charge in [-0.05, 0) is 31.2 Å². The normalized spacial score (nSPS) is 17.8. The Morgan fingerprint density at radius 2 is 1.91 bits per heavy atom. The van der Waals surface area contributed by atoms with Gasteiger partial charge in [-0.1, -0.05) is 29.8 Å². The van der Waals surface area contributed by atoms with Crippen LogP contribution in [-0.2, 0) is 15.9 Å². The number of halogens is 4. The van der Waals surface area contributed by atoms with Crippen molar-refractivity contribution in [1.29, 1.82) is 0 Å². The Bertz CT molecular complexity index is 1190. The maximum atomic E-state index is 15.0. The van der Waals surface area contributed by atoms with Crippen LogP contribution in [0.1, 0.15) is 48.6 Å². The second-order valence-electron chi connectivity index (χ2n) is 8.49. The zero-order valence-electron chi connectivity index (χ0n) is 17.8. The lowest BCUT2D eigenvalue weighted by Crippen LogP contribution is -2.27. The van der Waals surface area contributed by atoms with Crippen LogP contribution in [0.2, 0.25) is 0 Å². The molecule has 0 bridgehead atoms. The number of carbonyl (C=O) groups excluding carboxylic acids is 1. The van der Waals surface area contributed by atoms with Gasteiger partial charge in [-0.3, -0.25) is 0 Å². The Balaban J connectivity index is 1.93. The summed E-state index contributed by atoms with van der Waals surface area (Å²) in [5.74, 6) is -2.55. The van der Waals surface area contributed by atoms with Crippen molar-refractivity contribution in [2.24, 2.45) is 5.41 Å². The molecular formula is C23H22BrF3N2O3. The molecule has 1 aliphatic rings.